The highest BCUT2D eigenvalue weighted by Crippen LogP contribution is 2.47. The number of fused-ring (bicyclic) bond motifs is 3. The maximum Gasteiger partial charge on any atom is 0.226 e. The Morgan fingerprint density at radius 1 is 0.956 bits per heavy atom. The summed E-state index contributed by atoms with van der Waals surface area (Å²) < 4.78 is 6.52. The standard InChI is InChI=1S/C36H50N6O3/c1-26-8-9-28(20-27(26)2)21-30(35(44)40-13-10-31(11-14-40)39-18-16-38(3)17-19-39)22-34(43)42-15-12-32-23-36(42,45-32)41-24-29-6-4-5-7-33(29)37-25-41/h4-9,20,30-32,37H,10-19,21-25H2,1-3H3. The molecule has 3 atom stereocenters. The smallest absolute Gasteiger partial charge is 0.226 e. The Bertz CT molecular complexity index is 1390. The predicted molar refractivity (Wildman–Crippen MR) is 175 cm³/mol. The third kappa shape index (κ3) is 6.12. The number of nitrogens with zero attached hydrogens (tertiary/aromatic N) is 5. The number of carbonyl (C=O) groups is 2. The predicted octanol–water partition coefficient (Wildman–Crippen LogP) is 3.65. The number of benzene rings is 2. The molecule has 6 aliphatic heterocycles. The molecular weight excluding hydrogens is 564 g/mol. The number of likely N-dealkylation sites (N-methyl/N-ethyl adjacent to an activating group) is 1. The van der Waals surface area contributed by atoms with Crippen molar-refractivity contribution in [2.75, 3.05) is 64.8 Å². The van der Waals surface area contributed by atoms with E-state index in [0.29, 0.717) is 25.7 Å². The highest BCUT2D eigenvalue weighted by Gasteiger charge is 2.59. The number of nitrogens with one attached hydrogen (secondary N) is 1. The van der Waals surface area contributed by atoms with Crippen LogP contribution in [-0.4, -0.2) is 114 Å². The van der Waals surface area contributed by atoms with E-state index in [0.717, 1.165) is 82.7 Å². The molecule has 5 fully saturated rings. The number of para-hydroxylation sites is 1. The normalized spacial score (nSPS) is 27.0. The number of amides is 2. The molecule has 2 aromatic carbocycles. The Hall–Kier alpha value is -2.98. The van der Waals surface area contributed by atoms with Crippen molar-refractivity contribution in [3.05, 3.63) is 64.7 Å². The van der Waals surface area contributed by atoms with Gasteiger partial charge in [-0.3, -0.25) is 14.5 Å². The van der Waals surface area contributed by atoms with Crippen molar-refractivity contribution in [1.82, 2.24) is 24.5 Å². The van der Waals surface area contributed by atoms with E-state index in [2.05, 4.69) is 82.2 Å². The van der Waals surface area contributed by atoms with Crippen LogP contribution in [0.25, 0.3) is 0 Å². The molecule has 2 bridgehead atoms. The van der Waals surface area contributed by atoms with Gasteiger partial charge in [0, 0.05) is 76.9 Å². The second-order valence-corrected chi connectivity index (χ2v) is 14.1. The lowest BCUT2D eigenvalue weighted by Crippen LogP contribution is -2.76. The number of rotatable bonds is 7. The SMILES string of the molecule is Cc1ccc(CC(CC(=O)N2CCC3CC2(N2CNc4ccccc4C2)O3)C(=O)N2CCC(N3CCN(C)CC3)CC2)cc1C. The number of carbonyl (C=O) groups excluding carboxylic acids is 2. The van der Waals surface area contributed by atoms with Crippen LogP contribution in [0.1, 0.15) is 54.4 Å². The Kier molecular flexibility index (Phi) is 8.63. The van der Waals surface area contributed by atoms with Crippen molar-refractivity contribution in [2.24, 2.45) is 5.92 Å². The first-order valence-electron chi connectivity index (χ1n) is 17.1. The van der Waals surface area contributed by atoms with Gasteiger partial charge in [0.25, 0.3) is 0 Å². The van der Waals surface area contributed by atoms with Crippen molar-refractivity contribution in [3.8, 4) is 0 Å². The number of ether oxygens (including phenoxy) is 1. The number of piperazine rings is 1. The van der Waals surface area contributed by atoms with Gasteiger partial charge in [-0.2, -0.15) is 0 Å². The molecule has 9 nitrogen and oxygen atoms in total. The zero-order valence-electron chi connectivity index (χ0n) is 27.3. The summed E-state index contributed by atoms with van der Waals surface area (Å²) in [6.45, 7) is 12.2. The second-order valence-electron chi connectivity index (χ2n) is 14.1. The van der Waals surface area contributed by atoms with Crippen LogP contribution in [0.5, 0.6) is 0 Å². The number of hydrogen-bond donors (Lipinski definition) is 1. The molecule has 0 saturated carbocycles. The van der Waals surface area contributed by atoms with Crippen LogP contribution in [0.4, 0.5) is 5.69 Å². The Balaban J connectivity index is 1.07. The minimum Gasteiger partial charge on any atom is -0.372 e. The highest BCUT2D eigenvalue weighted by molar-refractivity contribution is 5.86. The topological polar surface area (TPSA) is 71.6 Å². The van der Waals surface area contributed by atoms with Gasteiger partial charge < -0.3 is 24.8 Å². The first-order valence-corrected chi connectivity index (χ1v) is 17.1. The van der Waals surface area contributed by atoms with Crippen molar-refractivity contribution in [1.29, 1.82) is 0 Å². The number of likely N-dealkylation sites (tertiary alicyclic amines) is 1. The molecule has 9 heteroatoms. The highest BCUT2D eigenvalue weighted by atomic mass is 16.6. The van der Waals surface area contributed by atoms with Crippen molar-refractivity contribution >= 4 is 17.5 Å². The molecule has 8 rings (SSSR count). The molecular formula is C36H50N6O3. The van der Waals surface area contributed by atoms with Crippen LogP contribution < -0.4 is 5.32 Å². The van der Waals surface area contributed by atoms with E-state index in [1.54, 1.807) is 0 Å². The van der Waals surface area contributed by atoms with Crippen LogP contribution >= 0.6 is 0 Å². The van der Waals surface area contributed by atoms with Crippen LogP contribution in [0.2, 0.25) is 0 Å². The summed E-state index contributed by atoms with van der Waals surface area (Å²) in [4.78, 5) is 39.9. The average Bonchev–Trinajstić information content (AvgIpc) is 3.05. The molecule has 2 amide bonds. The molecule has 5 saturated heterocycles. The van der Waals surface area contributed by atoms with Crippen LogP contribution in [0.15, 0.2) is 42.5 Å². The fraction of sp³-hybridized carbons (Fsp3) is 0.611. The molecule has 0 aromatic heterocycles. The van der Waals surface area contributed by atoms with Gasteiger partial charge in [-0.15, -0.1) is 0 Å². The van der Waals surface area contributed by atoms with Crippen molar-refractivity contribution < 1.29 is 14.3 Å². The summed E-state index contributed by atoms with van der Waals surface area (Å²) in [6, 6.07) is 15.4. The van der Waals surface area contributed by atoms with Gasteiger partial charge in [-0.25, -0.2) is 4.90 Å². The van der Waals surface area contributed by atoms with Gasteiger partial charge in [0.2, 0.25) is 17.7 Å². The maximum absolute atomic E-state index is 14.3. The van der Waals surface area contributed by atoms with Gasteiger partial charge in [0.05, 0.1) is 18.7 Å². The van der Waals surface area contributed by atoms with E-state index in [1.165, 1.54) is 16.7 Å². The Morgan fingerprint density at radius 2 is 1.71 bits per heavy atom. The number of piperidine rings is 2. The molecule has 0 radical (unpaired) electrons. The van der Waals surface area contributed by atoms with E-state index < -0.39 is 11.8 Å². The molecule has 6 aliphatic rings. The number of anilines is 1. The van der Waals surface area contributed by atoms with E-state index in [1.807, 2.05) is 11.0 Å². The minimum atomic E-state index is -0.741. The summed E-state index contributed by atoms with van der Waals surface area (Å²) in [5, 5.41) is 3.53. The largest absolute Gasteiger partial charge is 0.372 e. The molecule has 3 unspecified atom stereocenters. The summed E-state index contributed by atoms with van der Waals surface area (Å²) in [5.41, 5.74) is 5.95. The molecule has 1 N–H and O–H groups in total. The second kappa shape index (κ2) is 12.7. The Labute approximate surface area is 268 Å². The summed E-state index contributed by atoms with van der Waals surface area (Å²) in [6.07, 6.45) is 4.66. The first-order chi connectivity index (χ1) is 21.8. The third-order valence-corrected chi connectivity index (χ3v) is 11.2. The molecule has 45 heavy (non-hydrogen) atoms. The van der Waals surface area contributed by atoms with Gasteiger partial charge in [-0.05, 0) is 74.9 Å². The van der Waals surface area contributed by atoms with Gasteiger partial charge in [-0.1, -0.05) is 36.4 Å². The van der Waals surface area contributed by atoms with E-state index in [9.17, 15) is 9.59 Å². The van der Waals surface area contributed by atoms with Gasteiger partial charge >= 0.3 is 0 Å². The van der Waals surface area contributed by atoms with Crippen LogP contribution in [0.3, 0.4) is 0 Å². The number of aryl methyl sites for hydroxylation is 2. The molecule has 0 aliphatic carbocycles. The summed E-state index contributed by atoms with van der Waals surface area (Å²) in [7, 11) is 2.19. The van der Waals surface area contributed by atoms with E-state index in [-0.39, 0.29) is 24.3 Å². The van der Waals surface area contributed by atoms with Crippen molar-refractivity contribution in [3.63, 3.8) is 0 Å². The van der Waals surface area contributed by atoms with Crippen LogP contribution in [-0.2, 0) is 27.3 Å². The lowest BCUT2D eigenvalue weighted by molar-refractivity contribution is -0.369. The summed E-state index contributed by atoms with van der Waals surface area (Å²) >= 11 is 0. The zero-order valence-corrected chi connectivity index (χ0v) is 27.3. The molecule has 242 valence electrons. The molecule has 0 spiro atoms. The lowest BCUT2D eigenvalue weighted by atomic mass is 9.89. The lowest BCUT2D eigenvalue weighted by Gasteiger charge is -2.63. The van der Waals surface area contributed by atoms with Crippen molar-refractivity contribution in [2.45, 2.75) is 76.9 Å². The summed E-state index contributed by atoms with van der Waals surface area (Å²) in [5.74, 6) is -0.975. The molecule has 2 aromatic rings. The zero-order chi connectivity index (χ0) is 31.1. The monoisotopic (exact) mass is 614 g/mol. The molecule has 6 heterocycles. The number of hydrogen-bond acceptors (Lipinski definition) is 7. The average molecular weight is 615 g/mol. The van der Waals surface area contributed by atoms with Crippen LogP contribution in [0, 0.1) is 19.8 Å². The quantitative estimate of drug-likeness (QED) is 0.511. The van der Waals surface area contributed by atoms with Gasteiger partial charge in [0.15, 0.2) is 0 Å². The fourth-order valence-electron chi connectivity index (χ4n) is 8.23. The van der Waals surface area contributed by atoms with E-state index in [4.69, 9.17) is 4.74 Å². The minimum absolute atomic E-state index is 0.0292. The fourth-order valence-corrected chi connectivity index (χ4v) is 8.23. The van der Waals surface area contributed by atoms with E-state index >= 15 is 0 Å². The Morgan fingerprint density at radius 3 is 2.47 bits per heavy atom. The maximum atomic E-state index is 14.3. The first kappa shape index (κ1) is 30.7. The van der Waals surface area contributed by atoms with Gasteiger partial charge in [0.1, 0.15) is 0 Å². The third-order valence-electron chi connectivity index (χ3n) is 11.2.